The third-order valence-corrected chi connectivity index (χ3v) is 2.30. The highest BCUT2D eigenvalue weighted by atomic mass is 16.3. The van der Waals surface area contributed by atoms with E-state index in [9.17, 15) is 9.90 Å². The molecular weight excluding hydrogens is 156 g/mol. The van der Waals surface area contributed by atoms with Gasteiger partial charge in [0.2, 0.25) is 5.91 Å². The third kappa shape index (κ3) is 2.46. The number of amides is 1. The lowest BCUT2D eigenvalue weighted by Gasteiger charge is -2.31. The molecule has 0 aromatic rings. The van der Waals surface area contributed by atoms with Crippen LogP contribution in [0.3, 0.4) is 0 Å². The van der Waals surface area contributed by atoms with Crippen LogP contribution in [0.1, 0.15) is 19.3 Å². The van der Waals surface area contributed by atoms with E-state index >= 15 is 0 Å². The van der Waals surface area contributed by atoms with Crippen LogP contribution in [0.4, 0.5) is 0 Å². The maximum absolute atomic E-state index is 11.0. The van der Waals surface area contributed by atoms with E-state index in [2.05, 4.69) is 10.6 Å². The fourth-order valence-corrected chi connectivity index (χ4v) is 1.46. The zero-order valence-electron chi connectivity index (χ0n) is 7.39. The van der Waals surface area contributed by atoms with Gasteiger partial charge in [-0.05, 0) is 25.9 Å². The van der Waals surface area contributed by atoms with Gasteiger partial charge in [0.15, 0.2) is 0 Å². The molecule has 0 spiro atoms. The number of hydrogen-bond acceptors (Lipinski definition) is 3. The highest BCUT2D eigenvalue weighted by Gasteiger charge is 2.31. The molecule has 1 saturated heterocycles. The molecule has 3 N–H and O–H groups in total. The van der Waals surface area contributed by atoms with Crippen LogP contribution in [0.5, 0.6) is 0 Å². The Labute approximate surface area is 72.3 Å². The average Bonchev–Trinajstić information content (AvgIpc) is 2.05. The fourth-order valence-electron chi connectivity index (χ4n) is 1.46. The zero-order chi connectivity index (χ0) is 9.03. The molecule has 1 aliphatic rings. The standard InChI is InChI=1S/C8H16N2O2/c1-9-7(11)6-8(12)2-4-10-5-3-8/h10,12H,2-6H2,1H3,(H,9,11). The Morgan fingerprint density at radius 1 is 1.58 bits per heavy atom. The molecular formula is C8H16N2O2. The fraction of sp³-hybridized carbons (Fsp3) is 0.875. The first-order valence-corrected chi connectivity index (χ1v) is 4.30. The third-order valence-electron chi connectivity index (χ3n) is 2.30. The van der Waals surface area contributed by atoms with Gasteiger partial charge in [-0.2, -0.15) is 0 Å². The van der Waals surface area contributed by atoms with Crippen LogP contribution in [-0.4, -0.2) is 36.8 Å². The van der Waals surface area contributed by atoms with Gasteiger partial charge in [0.1, 0.15) is 0 Å². The lowest BCUT2D eigenvalue weighted by Crippen LogP contribution is -2.44. The summed E-state index contributed by atoms with van der Waals surface area (Å²) >= 11 is 0. The van der Waals surface area contributed by atoms with Gasteiger partial charge in [0, 0.05) is 7.05 Å². The molecule has 0 radical (unpaired) electrons. The molecule has 0 aromatic carbocycles. The van der Waals surface area contributed by atoms with Crippen molar-refractivity contribution in [1.29, 1.82) is 0 Å². The Bertz CT molecular complexity index is 164. The minimum absolute atomic E-state index is 0.0839. The van der Waals surface area contributed by atoms with Crippen molar-refractivity contribution in [3.05, 3.63) is 0 Å². The number of rotatable bonds is 2. The summed E-state index contributed by atoms with van der Waals surface area (Å²) in [6.45, 7) is 1.60. The summed E-state index contributed by atoms with van der Waals surface area (Å²) in [5.74, 6) is -0.0839. The number of hydrogen-bond donors (Lipinski definition) is 3. The summed E-state index contributed by atoms with van der Waals surface area (Å²) < 4.78 is 0. The smallest absolute Gasteiger partial charge is 0.222 e. The van der Waals surface area contributed by atoms with Crippen LogP contribution in [0, 0.1) is 0 Å². The van der Waals surface area contributed by atoms with E-state index < -0.39 is 5.60 Å². The number of aliphatic hydroxyl groups is 1. The minimum Gasteiger partial charge on any atom is -0.389 e. The number of carbonyl (C=O) groups excluding carboxylic acids is 1. The van der Waals surface area contributed by atoms with E-state index in [1.807, 2.05) is 0 Å². The lowest BCUT2D eigenvalue weighted by atomic mass is 9.89. The van der Waals surface area contributed by atoms with Crippen molar-refractivity contribution in [3.63, 3.8) is 0 Å². The molecule has 4 heteroatoms. The SMILES string of the molecule is CNC(=O)CC1(O)CCNCC1. The molecule has 0 aliphatic carbocycles. The molecule has 70 valence electrons. The van der Waals surface area contributed by atoms with Crippen molar-refractivity contribution in [2.24, 2.45) is 0 Å². The maximum atomic E-state index is 11.0. The molecule has 0 bridgehead atoms. The number of carbonyl (C=O) groups is 1. The Morgan fingerprint density at radius 3 is 2.67 bits per heavy atom. The summed E-state index contributed by atoms with van der Waals surface area (Å²) in [5, 5.41) is 15.5. The summed E-state index contributed by atoms with van der Waals surface area (Å²) in [4.78, 5) is 11.0. The molecule has 0 aromatic heterocycles. The monoisotopic (exact) mass is 172 g/mol. The van der Waals surface area contributed by atoms with Crippen LogP contribution in [0.2, 0.25) is 0 Å². The Morgan fingerprint density at radius 2 is 2.17 bits per heavy atom. The van der Waals surface area contributed by atoms with Gasteiger partial charge in [0.05, 0.1) is 12.0 Å². The molecule has 1 aliphatic heterocycles. The first kappa shape index (κ1) is 9.48. The van der Waals surface area contributed by atoms with Gasteiger partial charge < -0.3 is 15.7 Å². The molecule has 1 fully saturated rings. The second-order valence-corrected chi connectivity index (χ2v) is 3.32. The van der Waals surface area contributed by atoms with Crippen molar-refractivity contribution in [2.75, 3.05) is 20.1 Å². The van der Waals surface area contributed by atoms with Crippen LogP contribution in [0.25, 0.3) is 0 Å². The quantitative estimate of drug-likeness (QED) is 0.513. The molecule has 1 heterocycles. The predicted molar refractivity (Wildman–Crippen MR) is 45.7 cm³/mol. The first-order valence-electron chi connectivity index (χ1n) is 4.30. The van der Waals surface area contributed by atoms with Crippen LogP contribution in [0.15, 0.2) is 0 Å². The summed E-state index contributed by atoms with van der Waals surface area (Å²) in [5.41, 5.74) is -0.772. The Balaban J connectivity index is 2.41. The summed E-state index contributed by atoms with van der Waals surface area (Å²) in [6.07, 6.45) is 1.56. The lowest BCUT2D eigenvalue weighted by molar-refractivity contribution is -0.126. The van der Waals surface area contributed by atoms with E-state index in [0.29, 0.717) is 12.8 Å². The van der Waals surface area contributed by atoms with Gasteiger partial charge in [-0.3, -0.25) is 4.79 Å². The maximum Gasteiger partial charge on any atom is 0.222 e. The highest BCUT2D eigenvalue weighted by molar-refractivity contribution is 5.76. The largest absolute Gasteiger partial charge is 0.389 e. The predicted octanol–water partition coefficient (Wildman–Crippen LogP) is -0.763. The van der Waals surface area contributed by atoms with Gasteiger partial charge in [-0.25, -0.2) is 0 Å². The summed E-state index contributed by atoms with van der Waals surface area (Å²) in [6, 6.07) is 0. The van der Waals surface area contributed by atoms with Crippen molar-refractivity contribution in [1.82, 2.24) is 10.6 Å². The molecule has 0 saturated carbocycles. The van der Waals surface area contributed by atoms with Crippen molar-refractivity contribution in [2.45, 2.75) is 24.9 Å². The number of nitrogens with one attached hydrogen (secondary N) is 2. The summed E-state index contributed by atoms with van der Waals surface area (Å²) in [7, 11) is 1.59. The normalized spacial score (nSPS) is 21.8. The van der Waals surface area contributed by atoms with Crippen LogP contribution in [-0.2, 0) is 4.79 Å². The average molecular weight is 172 g/mol. The second kappa shape index (κ2) is 3.87. The highest BCUT2D eigenvalue weighted by Crippen LogP contribution is 2.21. The van der Waals surface area contributed by atoms with E-state index in [4.69, 9.17) is 0 Å². The molecule has 4 nitrogen and oxygen atoms in total. The molecule has 12 heavy (non-hydrogen) atoms. The second-order valence-electron chi connectivity index (χ2n) is 3.32. The van der Waals surface area contributed by atoms with Gasteiger partial charge in [0.25, 0.3) is 0 Å². The topological polar surface area (TPSA) is 61.4 Å². The van der Waals surface area contributed by atoms with Crippen molar-refractivity contribution < 1.29 is 9.90 Å². The van der Waals surface area contributed by atoms with E-state index in [0.717, 1.165) is 13.1 Å². The molecule has 1 rings (SSSR count). The minimum atomic E-state index is -0.772. The van der Waals surface area contributed by atoms with Crippen LogP contribution < -0.4 is 10.6 Å². The van der Waals surface area contributed by atoms with Crippen LogP contribution >= 0.6 is 0 Å². The first-order chi connectivity index (χ1) is 5.66. The zero-order valence-corrected chi connectivity index (χ0v) is 7.39. The van der Waals surface area contributed by atoms with Gasteiger partial charge in [-0.15, -0.1) is 0 Å². The van der Waals surface area contributed by atoms with Crippen molar-refractivity contribution in [3.8, 4) is 0 Å². The van der Waals surface area contributed by atoms with E-state index in [1.54, 1.807) is 7.05 Å². The van der Waals surface area contributed by atoms with E-state index in [-0.39, 0.29) is 12.3 Å². The van der Waals surface area contributed by atoms with Gasteiger partial charge >= 0.3 is 0 Å². The number of piperidine rings is 1. The molecule has 1 amide bonds. The Hall–Kier alpha value is -0.610. The van der Waals surface area contributed by atoms with E-state index in [1.165, 1.54) is 0 Å². The Kier molecular flexibility index (Phi) is 3.05. The molecule has 0 atom stereocenters. The van der Waals surface area contributed by atoms with Gasteiger partial charge in [-0.1, -0.05) is 0 Å². The molecule has 0 unspecified atom stereocenters. The van der Waals surface area contributed by atoms with Crippen molar-refractivity contribution >= 4 is 5.91 Å².